The van der Waals surface area contributed by atoms with Crippen LogP contribution in [-0.2, 0) is 17.8 Å². The quantitative estimate of drug-likeness (QED) is 0.717. The van der Waals surface area contributed by atoms with E-state index in [-0.39, 0.29) is 0 Å². The Morgan fingerprint density at radius 2 is 2.33 bits per heavy atom. The molecular weight excluding hydrogens is 190 g/mol. The van der Waals surface area contributed by atoms with E-state index < -0.39 is 0 Å². The molecule has 0 saturated carbocycles. The first kappa shape index (κ1) is 8.68. The van der Waals surface area contributed by atoms with Gasteiger partial charge in [0.1, 0.15) is 6.29 Å². The summed E-state index contributed by atoms with van der Waals surface area (Å²) < 4.78 is 5.43. The molecule has 0 aliphatic carbocycles. The van der Waals surface area contributed by atoms with Gasteiger partial charge >= 0.3 is 0 Å². The molecular formula is C12H11NO2. The molecule has 0 unspecified atom stereocenters. The van der Waals surface area contributed by atoms with Crippen LogP contribution in [0.5, 0.6) is 0 Å². The summed E-state index contributed by atoms with van der Waals surface area (Å²) in [5.74, 6) is 0. The molecule has 0 spiro atoms. The van der Waals surface area contributed by atoms with Gasteiger partial charge in [-0.25, -0.2) is 0 Å². The van der Waals surface area contributed by atoms with Crippen molar-refractivity contribution in [1.29, 1.82) is 0 Å². The van der Waals surface area contributed by atoms with Gasteiger partial charge in [-0.15, -0.1) is 0 Å². The van der Waals surface area contributed by atoms with E-state index in [1.54, 1.807) is 0 Å². The third-order valence-electron chi connectivity index (χ3n) is 2.90. The second kappa shape index (κ2) is 3.21. The zero-order valence-corrected chi connectivity index (χ0v) is 8.25. The summed E-state index contributed by atoms with van der Waals surface area (Å²) in [7, 11) is 0. The molecule has 1 aromatic heterocycles. The molecule has 2 aromatic rings. The Bertz CT molecular complexity index is 528. The van der Waals surface area contributed by atoms with Crippen molar-refractivity contribution in [3.05, 3.63) is 35.0 Å². The van der Waals surface area contributed by atoms with Crippen molar-refractivity contribution in [3.8, 4) is 0 Å². The van der Waals surface area contributed by atoms with E-state index in [4.69, 9.17) is 4.74 Å². The summed E-state index contributed by atoms with van der Waals surface area (Å²) >= 11 is 0. The van der Waals surface area contributed by atoms with Crippen LogP contribution in [0.1, 0.15) is 21.6 Å². The first-order valence-electron chi connectivity index (χ1n) is 5.05. The molecule has 1 aliphatic heterocycles. The molecule has 0 bridgehead atoms. The van der Waals surface area contributed by atoms with E-state index >= 15 is 0 Å². The van der Waals surface area contributed by atoms with Gasteiger partial charge in [0.2, 0.25) is 0 Å². The third-order valence-corrected chi connectivity index (χ3v) is 2.90. The lowest BCUT2D eigenvalue weighted by atomic mass is 10.1. The summed E-state index contributed by atoms with van der Waals surface area (Å²) in [5, 5.41) is 1.12. The third kappa shape index (κ3) is 1.27. The van der Waals surface area contributed by atoms with Gasteiger partial charge in [-0.1, -0.05) is 0 Å². The molecule has 0 saturated heterocycles. The Morgan fingerprint density at radius 1 is 1.40 bits per heavy atom. The first-order valence-corrected chi connectivity index (χ1v) is 5.05. The van der Waals surface area contributed by atoms with Crippen molar-refractivity contribution in [1.82, 2.24) is 4.98 Å². The summed E-state index contributed by atoms with van der Waals surface area (Å²) in [6, 6.07) is 5.71. The normalized spacial score (nSPS) is 15.2. The molecule has 2 heterocycles. The molecule has 3 heteroatoms. The van der Waals surface area contributed by atoms with Gasteiger partial charge in [-0.05, 0) is 18.2 Å². The number of H-pyrrole nitrogens is 1. The van der Waals surface area contributed by atoms with Crippen molar-refractivity contribution in [3.63, 3.8) is 0 Å². The number of ether oxygens (including phenoxy) is 1. The number of carbonyl (C=O) groups is 1. The fraction of sp³-hybridized carbons (Fsp3) is 0.250. The zero-order valence-electron chi connectivity index (χ0n) is 8.25. The van der Waals surface area contributed by atoms with E-state index in [0.717, 1.165) is 35.8 Å². The minimum Gasteiger partial charge on any atom is -0.376 e. The second-order valence-corrected chi connectivity index (χ2v) is 3.81. The number of rotatable bonds is 1. The van der Waals surface area contributed by atoms with Crippen LogP contribution in [0.4, 0.5) is 0 Å². The maximum absolute atomic E-state index is 10.7. The SMILES string of the molecule is O=Cc1ccc2[nH]c3c(c2c1)COCC3. The zero-order chi connectivity index (χ0) is 10.3. The van der Waals surface area contributed by atoms with Gasteiger partial charge in [0.25, 0.3) is 0 Å². The number of nitrogens with one attached hydrogen (secondary N) is 1. The van der Waals surface area contributed by atoms with Gasteiger partial charge in [-0.3, -0.25) is 4.79 Å². The lowest BCUT2D eigenvalue weighted by Gasteiger charge is -2.11. The van der Waals surface area contributed by atoms with Crippen molar-refractivity contribution >= 4 is 17.2 Å². The predicted molar refractivity (Wildman–Crippen MR) is 57.0 cm³/mol. The summed E-state index contributed by atoms with van der Waals surface area (Å²) in [6.45, 7) is 1.43. The van der Waals surface area contributed by atoms with E-state index in [9.17, 15) is 4.79 Å². The predicted octanol–water partition coefficient (Wildman–Crippen LogP) is 2.05. The van der Waals surface area contributed by atoms with Gasteiger partial charge in [-0.2, -0.15) is 0 Å². The molecule has 76 valence electrons. The first-order chi connectivity index (χ1) is 7.38. The van der Waals surface area contributed by atoms with E-state index in [0.29, 0.717) is 6.61 Å². The number of hydrogen-bond acceptors (Lipinski definition) is 2. The van der Waals surface area contributed by atoms with Crippen molar-refractivity contribution in [2.75, 3.05) is 6.61 Å². The Labute approximate surface area is 87.1 Å². The Hall–Kier alpha value is -1.61. The van der Waals surface area contributed by atoms with E-state index in [1.165, 1.54) is 11.3 Å². The number of benzene rings is 1. The minimum absolute atomic E-state index is 0.650. The van der Waals surface area contributed by atoms with Crippen molar-refractivity contribution < 1.29 is 9.53 Å². The van der Waals surface area contributed by atoms with Gasteiger partial charge in [0, 0.05) is 34.1 Å². The van der Waals surface area contributed by atoms with Crippen LogP contribution in [0, 0.1) is 0 Å². The summed E-state index contributed by atoms with van der Waals surface area (Å²) in [6.07, 6.45) is 1.81. The van der Waals surface area contributed by atoms with Crippen LogP contribution in [0.3, 0.4) is 0 Å². The van der Waals surface area contributed by atoms with Crippen LogP contribution < -0.4 is 0 Å². The largest absolute Gasteiger partial charge is 0.376 e. The molecule has 0 radical (unpaired) electrons. The number of fused-ring (bicyclic) bond motifs is 3. The Kier molecular flexibility index (Phi) is 1.86. The van der Waals surface area contributed by atoms with Crippen LogP contribution >= 0.6 is 0 Å². The fourth-order valence-corrected chi connectivity index (χ4v) is 2.12. The fourth-order valence-electron chi connectivity index (χ4n) is 2.12. The molecule has 1 N–H and O–H groups in total. The molecule has 1 aromatic carbocycles. The summed E-state index contributed by atoms with van der Waals surface area (Å²) in [4.78, 5) is 14.1. The van der Waals surface area contributed by atoms with Crippen molar-refractivity contribution in [2.45, 2.75) is 13.0 Å². The van der Waals surface area contributed by atoms with E-state index in [2.05, 4.69) is 4.98 Å². The monoisotopic (exact) mass is 201 g/mol. The minimum atomic E-state index is 0.650. The number of aldehydes is 1. The van der Waals surface area contributed by atoms with Crippen molar-refractivity contribution in [2.24, 2.45) is 0 Å². The lowest BCUT2D eigenvalue weighted by Crippen LogP contribution is -2.08. The van der Waals surface area contributed by atoms with Crippen LogP contribution in [0.25, 0.3) is 10.9 Å². The Morgan fingerprint density at radius 3 is 3.20 bits per heavy atom. The molecule has 3 rings (SSSR count). The maximum Gasteiger partial charge on any atom is 0.150 e. The molecule has 0 amide bonds. The summed E-state index contributed by atoms with van der Waals surface area (Å²) in [5.41, 5.74) is 4.27. The lowest BCUT2D eigenvalue weighted by molar-refractivity contribution is 0.111. The topological polar surface area (TPSA) is 42.1 Å². The van der Waals surface area contributed by atoms with E-state index in [1.807, 2.05) is 18.2 Å². The average molecular weight is 201 g/mol. The number of carbonyl (C=O) groups excluding carboxylic acids is 1. The highest BCUT2D eigenvalue weighted by Crippen LogP contribution is 2.26. The number of aromatic amines is 1. The molecule has 0 atom stereocenters. The smallest absolute Gasteiger partial charge is 0.150 e. The van der Waals surface area contributed by atoms with Gasteiger partial charge in [0.15, 0.2) is 0 Å². The van der Waals surface area contributed by atoms with Crippen LogP contribution in [0.15, 0.2) is 18.2 Å². The molecule has 3 nitrogen and oxygen atoms in total. The van der Waals surface area contributed by atoms with Crippen LogP contribution in [0.2, 0.25) is 0 Å². The van der Waals surface area contributed by atoms with Crippen LogP contribution in [-0.4, -0.2) is 17.9 Å². The highest BCUT2D eigenvalue weighted by molar-refractivity contribution is 5.90. The van der Waals surface area contributed by atoms with Gasteiger partial charge in [0.05, 0.1) is 13.2 Å². The highest BCUT2D eigenvalue weighted by atomic mass is 16.5. The number of aromatic nitrogens is 1. The second-order valence-electron chi connectivity index (χ2n) is 3.81. The standard InChI is InChI=1S/C12H11NO2/c14-6-8-1-2-11-9(5-8)10-7-15-4-3-12(10)13-11/h1-2,5-6,13H,3-4,7H2. The Balaban J connectivity index is 2.29. The maximum atomic E-state index is 10.7. The molecule has 0 fully saturated rings. The molecule has 15 heavy (non-hydrogen) atoms. The highest BCUT2D eigenvalue weighted by Gasteiger charge is 2.15. The van der Waals surface area contributed by atoms with Gasteiger partial charge < -0.3 is 9.72 Å². The number of hydrogen-bond donors (Lipinski definition) is 1. The molecule has 1 aliphatic rings. The average Bonchev–Trinajstić information content (AvgIpc) is 2.66.